The van der Waals surface area contributed by atoms with E-state index in [0.717, 1.165) is 5.56 Å². The maximum absolute atomic E-state index is 12.3. The molecule has 2 rings (SSSR count). The topological polar surface area (TPSA) is 153 Å². The second-order valence-electron chi connectivity index (χ2n) is 7.46. The largest absolute Gasteiger partial charge is 0.480 e. The van der Waals surface area contributed by atoms with Crippen LogP contribution in [0.3, 0.4) is 0 Å². The summed E-state index contributed by atoms with van der Waals surface area (Å²) in [6.45, 7) is 1.26. The van der Waals surface area contributed by atoms with Gasteiger partial charge in [0.05, 0.1) is 4.90 Å². The van der Waals surface area contributed by atoms with Crippen molar-refractivity contribution in [2.24, 2.45) is 0 Å². The smallest absolute Gasteiger partial charge is 0.323 e. The maximum Gasteiger partial charge on any atom is 0.323 e. The molecule has 0 aliphatic carbocycles. The van der Waals surface area contributed by atoms with Crippen molar-refractivity contribution in [3.05, 3.63) is 65.7 Å². The molecule has 1 amide bonds. The van der Waals surface area contributed by atoms with Crippen LogP contribution < -0.4 is 10.0 Å². The van der Waals surface area contributed by atoms with E-state index in [9.17, 15) is 27.9 Å². The summed E-state index contributed by atoms with van der Waals surface area (Å²) in [4.78, 5) is 35.6. The molecule has 1 atom stereocenters. The van der Waals surface area contributed by atoms with Gasteiger partial charge in [-0.05, 0) is 37.5 Å². The normalized spacial score (nSPS) is 12.0. The number of benzene rings is 2. The van der Waals surface area contributed by atoms with Gasteiger partial charge in [-0.25, -0.2) is 8.42 Å². The average molecular weight is 474 g/mol. The lowest BCUT2D eigenvalue weighted by atomic mass is 10.0. The van der Waals surface area contributed by atoms with E-state index in [4.69, 9.17) is 5.41 Å². The summed E-state index contributed by atoms with van der Waals surface area (Å²) >= 11 is 0. The number of sulfonamides is 1. The lowest BCUT2D eigenvalue weighted by molar-refractivity contribution is -0.138. The summed E-state index contributed by atoms with van der Waals surface area (Å²) in [6.07, 6.45) is 1.23. The van der Waals surface area contributed by atoms with Crippen LogP contribution in [0.5, 0.6) is 0 Å². The number of unbranched alkanes of at least 4 members (excludes halogenated alkanes) is 1. The van der Waals surface area contributed by atoms with Crippen molar-refractivity contribution >= 4 is 33.4 Å². The predicted octanol–water partition coefficient (Wildman–Crippen LogP) is 2.37. The van der Waals surface area contributed by atoms with Gasteiger partial charge < -0.3 is 15.8 Å². The standard InChI is InChI=1S/C23H27N3O6S/c1-16(24)17-11-13-18(14-12-17)21(27)9-5-6-10-22(28)25-15-20(23(29)30)26-33(31,32)19-7-3-2-4-8-19/h2-4,7-8,11-14,20,24,26H,5-6,9-10,15H2,1H3,(H,25,28)(H,29,30). The zero-order chi connectivity index (χ0) is 24.4. The van der Waals surface area contributed by atoms with Gasteiger partial charge in [-0.15, -0.1) is 0 Å². The number of carbonyl (C=O) groups excluding carboxylic acids is 2. The maximum atomic E-state index is 12.3. The minimum Gasteiger partial charge on any atom is -0.480 e. The van der Waals surface area contributed by atoms with Crippen LogP contribution in [-0.2, 0) is 19.6 Å². The number of carboxylic acid groups (broad SMARTS) is 1. The Morgan fingerprint density at radius 3 is 2.09 bits per heavy atom. The van der Waals surface area contributed by atoms with Crippen LogP contribution in [0, 0.1) is 5.41 Å². The van der Waals surface area contributed by atoms with Gasteiger partial charge in [0.2, 0.25) is 15.9 Å². The van der Waals surface area contributed by atoms with Crippen molar-refractivity contribution < 1.29 is 27.9 Å². The summed E-state index contributed by atoms with van der Waals surface area (Å²) in [6, 6.07) is 12.6. The molecule has 0 aromatic heterocycles. The Labute approximate surface area is 192 Å². The van der Waals surface area contributed by atoms with E-state index in [0.29, 0.717) is 24.1 Å². The molecule has 2 aromatic rings. The van der Waals surface area contributed by atoms with Crippen molar-refractivity contribution in [2.75, 3.05) is 6.54 Å². The van der Waals surface area contributed by atoms with Gasteiger partial charge in [0, 0.05) is 30.7 Å². The summed E-state index contributed by atoms with van der Waals surface area (Å²) in [7, 11) is -4.05. The Hall–Kier alpha value is -3.37. The van der Waals surface area contributed by atoms with Gasteiger partial charge in [-0.1, -0.05) is 42.5 Å². The van der Waals surface area contributed by atoms with Gasteiger partial charge in [-0.2, -0.15) is 4.72 Å². The number of carbonyl (C=O) groups is 3. The fourth-order valence-electron chi connectivity index (χ4n) is 2.96. The molecule has 9 nitrogen and oxygen atoms in total. The van der Waals surface area contributed by atoms with Crippen molar-refractivity contribution in [3.63, 3.8) is 0 Å². The van der Waals surface area contributed by atoms with E-state index >= 15 is 0 Å². The Morgan fingerprint density at radius 1 is 0.939 bits per heavy atom. The molecule has 0 aliphatic rings. The second kappa shape index (κ2) is 12.0. The first-order chi connectivity index (χ1) is 15.6. The highest BCUT2D eigenvalue weighted by Gasteiger charge is 2.25. The number of amides is 1. The number of rotatable bonds is 13. The Balaban J connectivity index is 1.76. The number of nitrogens with one attached hydrogen (secondary N) is 3. The van der Waals surface area contributed by atoms with E-state index in [-0.39, 0.29) is 23.5 Å². The first-order valence-corrected chi connectivity index (χ1v) is 11.8. The molecule has 0 bridgehead atoms. The zero-order valence-electron chi connectivity index (χ0n) is 18.2. The minimum absolute atomic E-state index is 0.0640. The number of carboxylic acids is 1. The van der Waals surface area contributed by atoms with Gasteiger partial charge >= 0.3 is 5.97 Å². The number of ketones is 1. The Kier molecular flexibility index (Phi) is 9.43. The number of aliphatic carboxylic acids is 1. The highest BCUT2D eigenvalue weighted by Crippen LogP contribution is 2.11. The molecule has 176 valence electrons. The summed E-state index contributed by atoms with van der Waals surface area (Å²) in [5, 5.41) is 19.3. The van der Waals surface area contributed by atoms with Gasteiger partial charge in [0.25, 0.3) is 0 Å². The molecular formula is C23H27N3O6S. The molecule has 0 heterocycles. The second-order valence-corrected chi connectivity index (χ2v) is 9.18. The highest BCUT2D eigenvalue weighted by atomic mass is 32.2. The molecule has 0 spiro atoms. The highest BCUT2D eigenvalue weighted by molar-refractivity contribution is 7.89. The minimum atomic E-state index is -4.05. The molecule has 10 heteroatoms. The Bertz CT molecular complexity index is 1100. The van der Waals surface area contributed by atoms with Crippen LogP contribution in [0.25, 0.3) is 0 Å². The molecule has 0 fully saturated rings. The molecule has 0 aliphatic heterocycles. The zero-order valence-corrected chi connectivity index (χ0v) is 19.0. The van der Waals surface area contributed by atoms with Crippen molar-refractivity contribution in [1.29, 1.82) is 5.41 Å². The Morgan fingerprint density at radius 2 is 1.52 bits per heavy atom. The molecular weight excluding hydrogens is 446 g/mol. The fraction of sp³-hybridized carbons (Fsp3) is 0.304. The van der Waals surface area contributed by atoms with Gasteiger partial charge in [0.15, 0.2) is 5.78 Å². The van der Waals surface area contributed by atoms with Gasteiger partial charge in [0.1, 0.15) is 6.04 Å². The predicted molar refractivity (Wildman–Crippen MR) is 123 cm³/mol. The summed E-state index contributed by atoms with van der Waals surface area (Å²) < 4.78 is 26.7. The molecule has 4 N–H and O–H groups in total. The molecule has 0 radical (unpaired) electrons. The molecule has 1 unspecified atom stereocenters. The monoisotopic (exact) mass is 473 g/mol. The van der Waals surface area contributed by atoms with Crippen LogP contribution in [0.2, 0.25) is 0 Å². The van der Waals surface area contributed by atoms with E-state index in [1.54, 1.807) is 37.3 Å². The van der Waals surface area contributed by atoms with Crippen LogP contribution in [0.1, 0.15) is 48.5 Å². The van der Waals surface area contributed by atoms with E-state index in [2.05, 4.69) is 10.0 Å². The average Bonchev–Trinajstić information content (AvgIpc) is 2.79. The third-order valence-electron chi connectivity index (χ3n) is 4.85. The van der Waals surface area contributed by atoms with Crippen molar-refractivity contribution in [2.45, 2.75) is 43.5 Å². The summed E-state index contributed by atoms with van der Waals surface area (Å²) in [5.41, 5.74) is 1.70. The fourth-order valence-corrected chi connectivity index (χ4v) is 4.17. The van der Waals surface area contributed by atoms with E-state index in [1.807, 2.05) is 0 Å². The lowest BCUT2D eigenvalue weighted by Gasteiger charge is -2.15. The number of hydrogen-bond donors (Lipinski definition) is 4. The lowest BCUT2D eigenvalue weighted by Crippen LogP contribution is -2.48. The first kappa shape index (κ1) is 25.9. The van der Waals surface area contributed by atoms with Crippen LogP contribution >= 0.6 is 0 Å². The first-order valence-electron chi connectivity index (χ1n) is 10.4. The van der Waals surface area contributed by atoms with E-state index in [1.165, 1.54) is 24.3 Å². The summed E-state index contributed by atoms with van der Waals surface area (Å²) in [5.74, 6) is -1.91. The SMILES string of the molecule is CC(=N)c1ccc(C(=O)CCCCC(=O)NCC(NS(=O)(=O)c2ccccc2)C(=O)O)cc1. The van der Waals surface area contributed by atoms with Crippen molar-refractivity contribution in [3.8, 4) is 0 Å². The number of hydrogen-bond acceptors (Lipinski definition) is 6. The quantitative estimate of drug-likeness (QED) is 0.199. The van der Waals surface area contributed by atoms with Crippen LogP contribution in [0.4, 0.5) is 0 Å². The third-order valence-corrected chi connectivity index (χ3v) is 6.34. The molecule has 2 aromatic carbocycles. The molecule has 0 saturated heterocycles. The van der Waals surface area contributed by atoms with Gasteiger partial charge in [-0.3, -0.25) is 14.4 Å². The van der Waals surface area contributed by atoms with Crippen LogP contribution in [0.15, 0.2) is 59.5 Å². The van der Waals surface area contributed by atoms with E-state index < -0.39 is 34.5 Å². The van der Waals surface area contributed by atoms with Crippen LogP contribution in [-0.4, -0.2) is 49.5 Å². The van der Waals surface area contributed by atoms with Crippen molar-refractivity contribution in [1.82, 2.24) is 10.0 Å². The molecule has 0 saturated carbocycles. The molecule has 33 heavy (non-hydrogen) atoms. The number of Topliss-reactive ketones (excluding diaryl/α,β-unsaturated/α-hetero) is 1. The third kappa shape index (κ3) is 8.24.